The van der Waals surface area contributed by atoms with E-state index in [-0.39, 0.29) is 0 Å². The fourth-order valence-corrected chi connectivity index (χ4v) is 2.13. The van der Waals surface area contributed by atoms with Crippen LogP contribution in [0.5, 0.6) is 0 Å². The molecule has 0 saturated carbocycles. The highest BCUT2D eigenvalue weighted by molar-refractivity contribution is 5.45. The van der Waals surface area contributed by atoms with Crippen molar-refractivity contribution in [3.63, 3.8) is 0 Å². The number of likely N-dealkylation sites (N-methyl/N-ethyl adjacent to an activating group) is 1. The highest BCUT2D eigenvalue weighted by Gasteiger charge is 2.24. The van der Waals surface area contributed by atoms with Crippen molar-refractivity contribution >= 4 is 5.69 Å². The van der Waals surface area contributed by atoms with Gasteiger partial charge in [0.2, 0.25) is 5.95 Å². The van der Waals surface area contributed by atoms with Gasteiger partial charge in [-0.25, -0.2) is 9.97 Å². The number of hydrogen-bond acceptors (Lipinski definition) is 4. The van der Waals surface area contributed by atoms with Gasteiger partial charge in [-0.2, -0.15) is 4.39 Å². The maximum absolute atomic E-state index is 13.7. The Hall–Kier alpha value is -1.23. The lowest BCUT2D eigenvalue weighted by atomic mass is 10.2. The standard InChI is InChI=1S/C11H17FN4/c1-8-7-15(3)4-5-16(8)10-6-13-9(2)14-11(10)12/h6,8H,4-5,7H2,1-3H3. The highest BCUT2D eigenvalue weighted by atomic mass is 19.1. The molecule has 0 radical (unpaired) electrons. The van der Waals surface area contributed by atoms with Gasteiger partial charge < -0.3 is 9.80 Å². The van der Waals surface area contributed by atoms with Gasteiger partial charge in [0.15, 0.2) is 0 Å². The topological polar surface area (TPSA) is 32.3 Å². The Balaban J connectivity index is 2.23. The van der Waals surface area contributed by atoms with Gasteiger partial charge in [0.05, 0.1) is 6.20 Å². The van der Waals surface area contributed by atoms with Gasteiger partial charge in [-0.3, -0.25) is 0 Å². The first-order valence-electron chi connectivity index (χ1n) is 5.52. The van der Waals surface area contributed by atoms with E-state index in [1.165, 1.54) is 0 Å². The second kappa shape index (κ2) is 4.33. The first-order chi connectivity index (χ1) is 7.58. The molecule has 1 aromatic rings. The number of anilines is 1. The number of halogens is 1. The minimum Gasteiger partial charge on any atom is -0.361 e. The van der Waals surface area contributed by atoms with Gasteiger partial charge in [0.25, 0.3) is 0 Å². The van der Waals surface area contributed by atoms with E-state index >= 15 is 0 Å². The number of hydrogen-bond donors (Lipinski definition) is 0. The number of nitrogens with zero attached hydrogens (tertiary/aromatic N) is 4. The summed E-state index contributed by atoms with van der Waals surface area (Å²) in [7, 11) is 2.08. The van der Waals surface area contributed by atoms with E-state index < -0.39 is 5.95 Å². The van der Waals surface area contributed by atoms with E-state index in [4.69, 9.17) is 0 Å². The molecule has 0 bridgehead atoms. The molecule has 88 valence electrons. The van der Waals surface area contributed by atoms with Crippen molar-refractivity contribution in [2.75, 3.05) is 31.6 Å². The van der Waals surface area contributed by atoms with E-state index in [0.717, 1.165) is 19.6 Å². The normalized spacial score (nSPS) is 22.5. The molecule has 1 aromatic heterocycles. The predicted molar refractivity (Wildman–Crippen MR) is 61.0 cm³/mol. The van der Waals surface area contributed by atoms with Crippen molar-refractivity contribution in [1.82, 2.24) is 14.9 Å². The molecular weight excluding hydrogens is 207 g/mol. The van der Waals surface area contributed by atoms with Crippen molar-refractivity contribution in [3.8, 4) is 0 Å². The Kier molecular flexibility index (Phi) is 3.05. The first-order valence-corrected chi connectivity index (χ1v) is 5.52. The summed E-state index contributed by atoms with van der Waals surface area (Å²) in [5.74, 6) is 0.0620. The van der Waals surface area contributed by atoms with Crippen molar-refractivity contribution < 1.29 is 4.39 Å². The maximum atomic E-state index is 13.7. The molecule has 0 aliphatic carbocycles. The Labute approximate surface area is 95.1 Å². The minimum atomic E-state index is -0.413. The monoisotopic (exact) mass is 224 g/mol. The third kappa shape index (κ3) is 2.14. The second-order valence-electron chi connectivity index (χ2n) is 4.40. The molecule has 0 spiro atoms. The van der Waals surface area contributed by atoms with Crippen LogP contribution in [-0.4, -0.2) is 47.6 Å². The van der Waals surface area contributed by atoms with Crippen molar-refractivity contribution in [3.05, 3.63) is 18.0 Å². The average Bonchev–Trinajstić information content (AvgIpc) is 2.19. The zero-order chi connectivity index (χ0) is 11.7. The van der Waals surface area contributed by atoms with Crippen LogP contribution in [0.15, 0.2) is 6.20 Å². The first kappa shape index (κ1) is 11.3. The fourth-order valence-electron chi connectivity index (χ4n) is 2.13. The lowest BCUT2D eigenvalue weighted by Crippen LogP contribution is -2.51. The summed E-state index contributed by atoms with van der Waals surface area (Å²) in [4.78, 5) is 12.1. The summed E-state index contributed by atoms with van der Waals surface area (Å²) in [5.41, 5.74) is 0.520. The van der Waals surface area contributed by atoms with Crippen molar-refractivity contribution in [2.24, 2.45) is 0 Å². The van der Waals surface area contributed by atoms with Gasteiger partial charge in [0.1, 0.15) is 11.5 Å². The lowest BCUT2D eigenvalue weighted by molar-refractivity contribution is 0.274. The van der Waals surface area contributed by atoms with Crippen LogP contribution < -0.4 is 4.90 Å². The molecule has 1 aliphatic rings. The van der Waals surface area contributed by atoms with Crippen molar-refractivity contribution in [1.29, 1.82) is 0 Å². The van der Waals surface area contributed by atoms with Gasteiger partial charge in [0, 0.05) is 25.7 Å². The third-order valence-corrected chi connectivity index (χ3v) is 2.99. The highest BCUT2D eigenvalue weighted by Crippen LogP contribution is 2.21. The molecule has 0 N–H and O–H groups in total. The quantitative estimate of drug-likeness (QED) is 0.668. The van der Waals surface area contributed by atoms with Crippen LogP contribution in [0.1, 0.15) is 12.7 Å². The Bertz CT molecular complexity index is 382. The molecule has 1 fully saturated rings. The molecule has 2 heterocycles. The fraction of sp³-hybridized carbons (Fsp3) is 0.636. The molecular formula is C11H17FN4. The largest absolute Gasteiger partial charge is 0.361 e. The summed E-state index contributed by atoms with van der Waals surface area (Å²) >= 11 is 0. The Morgan fingerprint density at radius 2 is 2.19 bits per heavy atom. The van der Waals surface area contributed by atoms with Crippen LogP contribution in [0.3, 0.4) is 0 Å². The number of aromatic nitrogens is 2. The van der Waals surface area contributed by atoms with Gasteiger partial charge in [-0.05, 0) is 20.9 Å². The molecule has 1 unspecified atom stereocenters. The van der Waals surface area contributed by atoms with E-state index in [0.29, 0.717) is 17.6 Å². The van der Waals surface area contributed by atoms with Gasteiger partial charge in [-0.15, -0.1) is 0 Å². The smallest absolute Gasteiger partial charge is 0.239 e. The van der Waals surface area contributed by atoms with Crippen LogP contribution >= 0.6 is 0 Å². The summed E-state index contributed by atoms with van der Waals surface area (Å²) in [5, 5.41) is 0. The van der Waals surface area contributed by atoms with Crippen LogP contribution in [0.25, 0.3) is 0 Å². The minimum absolute atomic E-state index is 0.291. The average molecular weight is 224 g/mol. The SMILES string of the molecule is Cc1ncc(N2CCN(C)CC2C)c(F)n1. The molecule has 2 rings (SSSR count). The second-order valence-corrected chi connectivity index (χ2v) is 4.40. The van der Waals surface area contributed by atoms with E-state index in [1.54, 1.807) is 13.1 Å². The third-order valence-electron chi connectivity index (χ3n) is 2.99. The molecule has 5 heteroatoms. The van der Waals surface area contributed by atoms with Gasteiger partial charge >= 0.3 is 0 Å². The van der Waals surface area contributed by atoms with Crippen LogP contribution in [-0.2, 0) is 0 Å². The number of aryl methyl sites for hydroxylation is 1. The zero-order valence-electron chi connectivity index (χ0n) is 9.94. The summed E-state index contributed by atoms with van der Waals surface area (Å²) < 4.78 is 13.7. The van der Waals surface area contributed by atoms with Gasteiger partial charge in [-0.1, -0.05) is 0 Å². The van der Waals surface area contributed by atoms with E-state index in [9.17, 15) is 4.39 Å². The molecule has 0 amide bonds. The Morgan fingerprint density at radius 3 is 2.81 bits per heavy atom. The molecule has 16 heavy (non-hydrogen) atoms. The predicted octanol–water partition coefficient (Wildman–Crippen LogP) is 1.06. The molecule has 0 aromatic carbocycles. The van der Waals surface area contributed by atoms with Crippen molar-refractivity contribution in [2.45, 2.75) is 19.9 Å². The van der Waals surface area contributed by atoms with Crippen LogP contribution in [0, 0.1) is 12.9 Å². The number of piperazine rings is 1. The molecule has 1 aliphatic heterocycles. The van der Waals surface area contributed by atoms with Crippen LogP contribution in [0.2, 0.25) is 0 Å². The summed E-state index contributed by atoms with van der Waals surface area (Å²) in [6.45, 7) is 6.49. The lowest BCUT2D eigenvalue weighted by Gasteiger charge is -2.39. The van der Waals surface area contributed by atoms with E-state index in [2.05, 4.69) is 28.8 Å². The zero-order valence-corrected chi connectivity index (χ0v) is 9.94. The summed E-state index contributed by atoms with van der Waals surface area (Å²) in [6, 6.07) is 0.291. The Morgan fingerprint density at radius 1 is 1.44 bits per heavy atom. The molecule has 1 atom stereocenters. The maximum Gasteiger partial charge on any atom is 0.239 e. The van der Waals surface area contributed by atoms with Crippen LogP contribution in [0.4, 0.5) is 10.1 Å². The number of rotatable bonds is 1. The molecule has 4 nitrogen and oxygen atoms in total. The van der Waals surface area contributed by atoms with E-state index in [1.807, 2.05) is 4.90 Å². The molecule has 1 saturated heterocycles. The summed E-state index contributed by atoms with van der Waals surface area (Å²) in [6.07, 6.45) is 1.58.